The Labute approximate surface area is 68.0 Å². The lowest BCUT2D eigenvalue weighted by Crippen LogP contribution is -1.94. The molecule has 0 spiro atoms. The van der Waals surface area contributed by atoms with E-state index >= 15 is 0 Å². The lowest BCUT2D eigenvalue weighted by atomic mass is 10.2. The minimum atomic E-state index is -0.676. The summed E-state index contributed by atoms with van der Waals surface area (Å²) in [5.41, 5.74) is 0.268. The maximum atomic E-state index is 12.7. The molecule has 0 bridgehead atoms. The molecule has 0 aliphatic carbocycles. The van der Waals surface area contributed by atoms with Gasteiger partial charge in [-0.05, 0) is 6.07 Å². The van der Waals surface area contributed by atoms with Gasteiger partial charge in [-0.15, -0.1) is 0 Å². The van der Waals surface area contributed by atoms with Crippen molar-refractivity contribution in [2.75, 3.05) is 0 Å². The highest BCUT2D eigenvalue weighted by Crippen LogP contribution is 2.09. The van der Waals surface area contributed by atoms with E-state index in [1.54, 1.807) is 0 Å². The summed E-state index contributed by atoms with van der Waals surface area (Å²) >= 11 is 5.38. The van der Waals surface area contributed by atoms with E-state index in [1.807, 2.05) is 0 Å². The Bertz CT molecular complexity index is 277. The average Bonchev–Trinajstić information content (AvgIpc) is 1.95. The summed E-state index contributed by atoms with van der Waals surface area (Å²) in [4.78, 5) is 13.3. The summed E-state index contributed by atoms with van der Waals surface area (Å²) in [5, 5.41) is 0.0946. The predicted molar refractivity (Wildman–Crippen MR) is 39.0 cm³/mol. The molecular weight excluding hydrogens is 169 g/mol. The van der Waals surface area contributed by atoms with Gasteiger partial charge in [0, 0.05) is 12.0 Å². The minimum absolute atomic E-state index is 0.0377. The molecule has 1 aromatic heterocycles. The topological polar surface area (TPSA) is 30.0 Å². The van der Waals surface area contributed by atoms with Gasteiger partial charge in [0.15, 0.2) is 0 Å². The van der Waals surface area contributed by atoms with Gasteiger partial charge in [-0.2, -0.15) is 4.39 Å². The summed E-state index contributed by atoms with van der Waals surface area (Å²) in [6, 6.07) is 2.89. The van der Waals surface area contributed by atoms with Crippen molar-refractivity contribution in [3.8, 4) is 0 Å². The standard InChI is InChI=1S/C7H5ClFNO/c8-6-2-1-5(3-4-11)7(9)10-6/h1-2,4H,3H2. The molecule has 2 nitrogen and oxygen atoms in total. The second-order valence-electron chi connectivity index (χ2n) is 1.95. The summed E-state index contributed by atoms with van der Waals surface area (Å²) in [6.07, 6.45) is 0.657. The van der Waals surface area contributed by atoms with Crippen LogP contribution in [0.5, 0.6) is 0 Å². The first-order valence-electron chi connectivity index (χ1n) is 2.98. The third-order valence-corrected chi connectivity index (χ3v) is 1.41. The van der Waals surface area contributed by atoms with Gasteiger partial charge in [0.1, 0.15) is 11.4 Å². The van der Waals surface area contributed by atoms with E-state index < -0.39 is 5.95 Å². The highest BCUT2D eigenvalue weighted by Gasteiger charge is 2.02. The van der Waals surface area contributed by atoms with Gasteiger partial charge in [0.25, 0.3) is 0 Å². The van der Waals surface area contributed by atoms with Crippen molar-refractivity contribution in [1.29, 1.82) is 0 Å². The first kappa shape index (κ1) is 8.14. The van der Waals surface area contributed by atoms with Crippen molar-refractivity contribution in [3.05, 3.63) is 28.8 Å². The zero-order valence-electron chi connectivity index (χ0n) is 5.55. The molecule has 0 N–H and O–H groups in total. The van der Waals surface area contributed by atoms with E-state index in [2.05, 4.69) is 4.98 Å². The maximum Gasteiger partial charge on any atom is 0.217 e. The Morgan fingerprint density at radius 1 is 1.64 bits per heavy atom. The molecule has 11 heavy (non-hydrogen) atoms. The smallest absolute Gasteiger partial charge is 0.217 e. The summed E-state index contributed by atoms with van der Waals surface area (Å²) in [6.45, 7) is 0. The van der Waals surface area contributed by atoms with Gasteiger partial charge < -0.3 is 4.79 Å². The lowest BCUT2D eigenvalue weighted by molar-refractivity contribution is -0.107. The number of hydrogen-bond donors (Lipinski definition) is 0. The first-order chi connectivity index (χ1) is 5.24. The quantitative estimate of drug-likeness (QED) is 0.503. The van der Waals surface area contributed by atoms with Crippen LogP contribution in [-0.2, 0) is 11.2 Å². The second-order valence-corrected chi connectivity index (χ2v) is 2.34. The molecule has 0 unspecified atom stereocenters. The molecule has 1 heterocycles. The van der Waals surface area contributed by atoms with Crippen molar-refractivity contribution >= 4 is 17.9 Å². The van der Waals surface area contributed by atoms with Gasteiger partial charge >= 0.3 is 0 Å². The predicted octanol–water partition coefficient (Wildman–Crippen LogP) is 1.62. The number of pyridine rings is 1. The third-order valence-electron chi connectivity index (χ3n) is 1.20. The Morgan fingerprint density at radius 3 is 2.91 bits per heavy atom. The fourth-order valence-corrected chi connectivity index (χ4v) is 0.820. The van der Waals surface area contributed by atoms with Crippen LogP contribution in [-0.4, -0.2) is 11.3 Å². The number of carbonyl (C=O) groups is 1. The van der Waals surface area contributed by atoms with Crippen molar-refractivity contribution in [1.82, 2.24) is 4.98 Å². The monoisotopic (exact) mass is 173 g/mol. The van der Waals surface area contributed by atoms with E-state index in [-0.39, 0.29) is 17.1 Å². The molecule has 0 fully saturated rings. The molecule has 0 aromatic carbocycles. The molecule has 0 aliphatic heterocycles. The van der Waals surface area contributed by atoms with Crippen LogP contribution in [0.3, 0.4) is 0 Å². The number of aromatic nitrogens is 1. The van der Waals surface area contributed by atoms with Crippen molar-refractivity contribution in [2.24, 2.45) is 0 Å². The zero-order chi connectivity index (χ0) is 8.27. The van der Waals surface area contributed by atoms with Crippen LogP contribution in [0.2, 0.25) is 5.15 Å². The van der Waals surface area contributed by atoms with Gasteiger partial charge in [-0.1, -0.05) is 17.7 Å². The van der Waals surface area contributed by atoms with E-state index in [0.29, 0.717) is 6.29 Å². The number of aldehydes is 1. The van der Waals surface area contributed by atoms with Crippen LogP contribution in [0.1, 0.15) is 5.56 Å². The summed E-state index contributed by atoms with van der Waals surface area (Å²) in [5.74, 6) is -0.676. The fourth-order valence-electron chi connectivity index (χ4n) is 0.683. The molecule has 58 valence electrons. The van der Waals surface area contributed by atoms with Crippen LogP contribution >= 0.6 is 11.6 Å². The SMILES string of the molecule is O=CCc1ccc(Cl)nc1F. The number of rotatable bonds is 2. The Kier molecular flexibility index (Phi) is 2.54. The number of carbonyl (C=O) groups excluding carboxylic acids is 1. The van der Waals surface area contributed by atoms with Gasteiger partial charge in [-0.25, -0.2) is 4.98 Å². The molecule has 0 amide bonds. The molecule has 4 heteroatoms. The van der Waals surface area contributed by atoms with E-state index in [9.17, 15) is 9.18 Å². The third kappa shape index (κ3) is 1.98. The average molecular weight is 174 g/mol. The normalized spacial score (nSPS) is 9.64. The zero-order valence-corrected chi connectivity index (χ0v) is 6.31. The van der Waals surface area contributed by atoms with Crippen LogP contribution in [0.25, 0.3) is 0 Å². The van der Waals surface area contributed by atoms with E-state index in [4.69, 9.17) is 11.6 Å². The second kappa shape index (κ2) is 3.44. The van der Waals surface area contributed by atoms with Gasteiger partial charge in [0.2, 0.25) is 5.95 Å². The van der Waals surface area contributed by atoms with Crippen LogP contribution in [0.4, 0.5) is 4.39 Å². The van der Waals surface area contributed by atoms with Crippen molar-refractivity contribution in [3.63, 3.8) is 0 Å². The van der Waals surface area contributed by atoms with Gasteiger partial charge in [0.05, 0.1) is 0 Å². The molecule has 0 aliphatic rings. The highest BCUT2D eigenvalue weighted by atomic mass is 35.5. The maximum absolute atomic E-state index is 12.7. The minimum Gasteiger partial charge on any atom is -0.303 e. The molecule has 0 saturated carbocycles. The number of hydrogen-bond acceptors (Lipinski definition) is 2. The Hall–Kier alpha value is -0.960. The molecule has 0 radical (unpaired) electrons. The summed E-state index contributed by atoms with van der Waals surface area (Å²) < 4.78 is 12.7. The number of halogens is 2. The molecule has 0 saturated heterocycles. The Balaban J connectivity index is 2.98. The molecule has 1 aromatic rings. The van der Waals surface area contributed by atoms with Crippen LogP contribution in [0, 0.1) is 5.95 Å². The summed E-state index contributed by atoms with van der Waals surface area (Å²) in [7, 11) is 0. The highest BCUT2D eigenvalue weighted by molar-refractivity contribution is 6.29. The molecule has 0 atom stereocenters. The Morgan fingerprint density at radius 2 is 2.36 bits per heavy atom. The van der Waals surface area contributed by atoms with E-state index in [1.165, 1.54) is 12.1 Å². The fraction of sp³-hybridized carbons (Fsp3) is 0.143. The largest absolute Gasteiger partial charge is 0.303 e. The number of nitrogens with zero attached hydrogens (tertiary/aromatic N) is 1. The van der Waals surface area contributed by atoms with Gasteiger partial charge in [-0.3, -0.25) is 0 Å². The van der Waals surface area contributed by atoms with E-state index in [0.717, 1.165) is 0 Å². The van der Waals surface area contributed by atoms with Crippen LogP contribution in [0.15, 0.2) is 12.1 Å². The van der Waals surface area contributed by atoms with Crippen molar-refractivity contribution < 1.29 is 9.18 Å². The van der Waals surface area contributed by atoms with Crippen LogP contribution < -0.4 is 0 Å². The molecular formula is C7H5ClFNO. The lowest BCUT2D eigenvalue weighted by Gasteiger charge is -1.95. The van der Waals surface area contributed by atoms with Crippen molar-refractivity contribution in [2.45, 2.75) is 6.42 Å². The molecule has 1 rings (SSSR count). The first-order valence-corrected chi connectivity index (χ1v) is 3.36.